The van der Waals surface area contributed by atoms with Crippen molar-refractivity contribution in [3.05, 3.63) is 0 Å². The van der Waals surface area contributed by atoms with Crippen LogP contribution in [0.2, 0.25) is 0 Å². The Morgan fingerprint density at radius 2 is 1.94 bits per heavy atom. The lowest BCUT2D eigenvalue weighted by atomic mass is 10.2. The molecule has 2 atom stereocenters. The first-order chi connectivity index (χ1) is 7.28. The third-order valence-electron chi connectivity index (χ3n) is 2.39. The van der Waals surface area contributed by atoms with Crippen molar-refractivity contribution in [2.24, 2.45) is 0 Å². The van der Waals surface area contributed by atoms with Crippen LogP contribution in [0.15, 0.2) is 0 Å². The van der Waals surface area contributed by atoms with Gasteiger partial charge in [0.1, 0.15) is 0 Å². The highest BCUT2D eigenvalue weighted by atomic mass is 19.4. The van der Waals surface area contributed by atoms with Crippen molar-refractivity contribution in [3.8, 4) is 0 Å². The van der Waals surface area contributed by atoms with Crippen molar-refractivity contribution >= 4 is 5.91 Å². The van der Waals surface area contributed by atoms with Gasteiger partial charge in [-0.25, -0.2) is 0 Å². The van der Waals surface area contributed by atoms with Crippen LogP contribution in [0.4, 0.5) is 13.2 Å². The maximum absolute atomic E-state index is 12.0. The predicted octanol–water partition coefficient (Wildman–Crippen LogP) is 1.58. The van der Waals surface area contributed by atoms with E-state index in [9.17, 15) is 18.0 Å². The average molecular weight is 238 g/mol. The van der Waals surface area contributed by atoms with Crippen LogP contribution in [0.1, 0.15) is 33.1 Å². The molecule has 0 aromatic rings. The predicted molar refractivity (Wildman–Crippen MR) is 53.9 cm³/mol. The Bertz CT molecular complexity index is 251. The van der Waals surface area contributed by atoms with E-state index in [2.05, 4.69) is 10.6 Å². The van der Waals surface area contributed by atoms with Gasteiger partial charge in [-0.2, -0.15) is 13.2 Å². The van der Waals surface area contributed by atoms with Crippen LogP contribution in [0.25, 0.3) is 0 Å². The van der Waals surface area contributed by atoms with Crippen molar-refractivity contribution in [3.63, 3.8) is 0 Å². The molecule has 0 aromatic heterocycles. The van der Waals surface area contributed by atoms with E-state index in [-0.39, 0.29) is 11.9 Å². The molecule has 1 aliphatic carbocycles. The quantitative estimate of drug-likeness (QED) is 0.763. The molecule has 6 heteroatoms. The summed E-state index contributed by atoms with van der Waals surface area (Å²) in [7, 11) is 0. The highest BCUT2D eigenvalue weighted by molar-refractivity contribution is 5.81. The van der Waals surface area contributed by atoms with Gasteiger partial charge >= 0.3 is 6.18 Å². The number of carbonyl (C=O) groups is 1. The van der Waals surface area contributed by atoms with Crippen molar-refractivity contribution in [1.82, 2.24) is 10.6 Å². The van der Waals surface area contributed by atoms with Crippen LogP contribution in [0, 0.1) is 0 Å². The monoisotopic (exact) mass is 238 g/mol. The standard InChI is InChI=1S/C10H17F3N2O/c1-6(5-10(11,12)13)14-7(2)9(16)15-8-3-4-8/h6-8,14H,3-5H2,1-2H3,(H,15,16). The first-order valence-electron chi connectivity index (χ1n) is 5.41. The van der Waals surface area contributed by atoms with Crippen LogP contribution < -0.4 is 10.6 Å². The van der Waals surface area contributed by atoms with Gasteiger partial charge in [0.15, 0.2) is 0 Å². The molecule has 0 aromatic carbocycles. The van der Waals surface area contributed by atoms with E-state index in [0.29, 0.717) is 0 Å². The van der Waals surface area contributed by atoms with Crippen LogP contribution in [-0.2, 0) is 4.79 Å². The molecule has 1 rings (SSSR count). The molecule has 94 valence electrons. The second-order valence-corrected chi connectivity index (χ2v) is 4.39. The van der Waals surface area contributed by atoms with Crippen molar-refractivity contribution < 1.29 is 18.0 Å². The summed E-state index contributed by atoms with van der Waals surface area (Å²) in [6.07, 6.45) is -3.18. The Hall–Kier alpha value is -0.780. The summed E-state index contributed by atoms with van der Waals surface area (Å²) in [5.74, 6) is -0.225. The molecule has 0 heterocycles. The van der Waals surface area contributed by atoms with E-state index in [0.717, 1.165) is 12.8 Å². The molecule has 1 aliphatic rings. The van der Waals surface area contributed by atoms with Gasteiger partial charge in [-0.1, -0.05) is 0 Å². The van der Waals surface area contributed by atoms with Gasteiger partial charge in [0.25, 0.3) is 0 Å². The fourth-order valence-electron chi connectivity index (χ4n) is 1.46. The first kappa shape index (κ1) is 13.3. The van der Waals surface area contributed by atoms with E-state index >= 15 is 0 Å². The molecule has 2 unspecified atom stereocenters. The largest absolute Gasteiger partial charge is 0.390 e. The zero-order valence-electron chi connectivity index (χ0n) is 9.40. The molecule has 2 N–H and O–H groups in total. The molecule has 1 amide bonds. The van der Waals surface area contributed by atoms with Gasteiger partial charge < -0.3 is 10.6 Å². The van der Waals surface area contributed by atoms with Gasteiger partial charge in [0.05, 0.1) is 12.5 Å². The number of rotatable bonds is 5. The fourth-order valence-corrected chi connectivity index (χ4v) is 1.46. The van der Waals surface area contributed by atoms with Gasteiger partial charge in [-0.15, -0.1) is 0 Å². The van der Waals surface area contributed by atoms with E-state index in [1.807, 2.05) is 0 Å². The molecular weight excluding hydrogens is 221 g/mol. The van der Waals surface area contributed by atoms with Crippen LogP contribution in [0.3, 0.4) is 0 Å². The smallest absolute Gasteiger partial charge is 0.352 e. The summed E-state index contributed by atoms with van der Waals surface area (Å²) in [5.41, 5.74) is 0. The molecule has 0 radical (unpaired) electrons. The second-order valence-electron chi connectivity index (χ2n) is 4.39. The first-order valence-corrected chi connectivity index (χ1v) is 5.41. The lowest BCUT2D eigenvalue weighted by Gasteiger charge is -2.20. The van der Waals surface area contributed by atoms with Gasteiger partial charge in [-0.05, 0) is 26.7 Å². The topological polar surface area (TPSA) is 41.1 Å². The third kappa shape index (κ3) is 5.34. The average Bonchev–Trinajstić information content (AvgIpc) is 2.83. The SMILES string of the molecule is CC(CC(F)(F)F)NC(C)C(=O)NC1CC1. The van der Waals surface area contributed by atoms with E-state index < -0.39 is 24.7 Å². The molecule has 16 heavy (non-hydrogen) atoms. The lowest BCUT2D eigenvalue weighted by molar-refractivity contribution is -0.140. The van der Waals surface area contributed by atoms with Crippen LogP contribution in [-0.4, -0.2) is 30.2 Å². The number of alkyl halides is 3. The van der Waals surface area contributed by atoms with E-state index in [4.69, 9.17) is 0 Å². The number of hydrogen-bond donors (Lipinski definition) is 2. The number of nitrogens with one attached hydrogen (secondary N) is 2. The van der Waals surface area contributed by atoms with Gasteiger partial charge in [0.2, 0.25) is 5.91 Å². The Morgan fingerprint density at radius 1 is 1.38 bits per heavy atom. The maximum atomic E-state index is 12.0. The summed E-state index contributed by atoms with van der Waals surface area (Å²) in [6.45, 7) is 3.00. The molecular formula is C10H17F3N2O. The van der Waals surface area contributed by atoms with Crippen LogP contribution in [0.5, 0.6) is 0 Å². The van der Waals surface area contributed by atoms with Crippen molar-refractivity contribution in [2.45, 2.75) is 57.4 Å². The minimum Gasteiger partial charge on any atom is -0.352 e. The summed E-state index contributed by atoms with van der Waals surface area (Å²) in [5, 5.41) is 5.38. The Morgan fingerprint density at radius 3 is 2.38 bits per heavy atom. The van der Waals surface area contributed by atoms with E-state index in [1.54, 1.807) is 6.92 Å². The molecule has 1 saturated carbocycles. The van der Waals surface area contributed by atoms with Gasteiger partial charge in [-0.3, -0.25) is 4.79 Å². The number of amides is 1. The molecule has 0 aliphatic heterocycles. The summed E-state index contributed by atoms with van der Waals surface area (Å²) in [6, 6.07) is -1.10. The molecule has 0 spiro atoms. The Labute approximate surface area is 92.8 Å². The number of halogens is 3. The zero-order valence-corrected chi connectivity index (χ0v) is 9.40. The zero-order chi connectivity index (χ0) is 12.3. The normalized spacial score (nSPS) is 20.3. The third-order valence-corrected chi connectivity index (χ3v) is 2.39. The summed E-state index contributed by atoms with van der Waals surface area (Å²) >= 11 is 0. The molecule has 3 nitrogen and oxygen atoms in total. The lowest BCUT2D eigenvalue weighted by Crippen LogP contribution is -2.47. The minimum atomic E-state index is -4.20. The van der Waals surface area contributed by atoms with Crippen LogP contribution >= 0.6 is 0 Å². The fraction of sp³-hybridized carbons (Fsp3) is 0.900. The van der Waals surface area contributed by atoms with Crippen molar-refractivity contribution in [2.75, 3.05) is 0 Å². The minimum absolute atomic E-state index is 0.225. The second kappa shape index (κ2) is 5.03. The molecule has 1 fully saturated rings. The van der Waals surface area contributed by atoms with Crippen molar-refractivity contribution in [1.29, 1.82) is 0 Å². The molecule has 0 saturated heterocycles. The van der Waals surface area contributed by atoms with Gasteiger partial charge in [0, 0.05) is 12.1 Å². The Balaban J connectivity index is 2.26. The number of hydrogen-bond acceptors (Lipinski definition) is 2. The Kier molecular flexibility index (Phi) is 4.18. The maximum Gasteiger partial charge on any atom is 0.390 e. The highest BCUT2D eigenvalue weighted by Crippen LogP contribution is 2.21. The molecule has 0 bridgehead atoms. The number of carbonyl (C=O) groups excluding carboxylic acids is 1. The highest BCUT2D eigenvalue weighted by Gasteiger charge is 2.31. The summed E-state index contributed by atoms with van der Waals surface area (Å²) in [4.78, 5) is 11.4. The summed E-state index contributed by atoms with van der Waals surface area (Å²) < 4.78 is 36.1. The van der Waals surface area contributed by atoms with E-state index in [1.165, 1.54) is 6.92 Å².